The Balaban J connectivity index is 2.31. The van der Waals surface area contributed by atoms with Gasteiger partial charge in [0, 0.05) is 43.0 Å². The van der Waals surface area contributed by atoms with Crippen LogP contribution in [0, 0.1) is 0 Å². The van der Waals surface area contributed by atoms with Crippen molar-refractivity contribution in [1.82, 2.24) is 5.32 Å². The summed E-state index contributed by atoms with van der Waals surface area (Å²) in [5.41, 5.74) is 2.76. The first-order valence-corrected chi connectivity index (χ1v) is 7.16. The number of nitrogens with zero attached hydrogens (tertiary/aromatic N) is 1. The second kappa shape index (κ2) is 5.93. The van der Waals surface area contributed by atoms with Crippen LogP contribution in [0.4, 0.5) is 5.69 Å². The monoisotopic (exact) mass is 262 g/mol. The summed E-state index contributed by atoms with van der Waals surface area (Å²) in [4.78, 5) is 2.55. The van der Waals surface area contributed by atoms with Crippen LogP contribution in [0.25, 0.3) is 0 Å². The zero-order valence-electron chi connectivity index (χ0n) is 12.6. The van der Waals surface area contributed by atoms with Crippen molar-refractivity contribution >= 4 is 5.69 Å². The molecule has 3 nitrogen and oxygen atoms in total. The molecule has 0 amide bonds. The second-order valence-corrected chi connectivity index (χ2v) is 6.02. The Morgan fingerprint density at radius 1 is 1.37 bits per heavy atom. The summed E-state index contributed by atoms with van der Waals surface area (Å²) in [6, 6.07) is 9.16. The number of nitrogens with one attached hydrogen (secondary N) is 1. The molecule has 1 fully saturated rings. The Morgan fingerprint density at radius 3 is 2.79 bits per heavy atom. The number of ether oxygens (including phenoxy) is 1. The van der Waals surface area contributed by atoms with Crippen molar-refractivity contribution in [3.63, 3.8) is 0 Å². The highest BCUT2D eigenvalue weighted by atomic mass is 16.5. The number of anilines is 1. The molecule has 1 atom stereocenters. The average molecular weight is 262 g/mol. The lowest BCUT2D eigenvalue weighted by molar-refractivity contribution is 0.184. The van der Waals surface area contributed by atoms with Crippen molar-refractivity contribution in [3.05, 3.63) is 29.8 Å². The third kappa shape index (κ3) is 3.28. The summed E-state index contributed by atoms with van der Waals surface area (Å²) in [6.45, 7) is 9.56. The van der Waals surface area contributed by atoms with E-state index in [0.717, 1.165) is 19.5 Å². The first-order chi connectivity index (χ1) is 9.07. The summed E-state index contributed by atoms with van der Waals surface area (Å²) >= 11 is 0. The van der Waals surface area contributed by atoms with Crippen LogP contribution >= 0.6 is 0 Å². The first kappa shape index (κ1) is 14.4. The molecule has 1 aliphatic rings. The van der Waals surface area contributed by atoms with Gasteiger partial charge in [0.1, 0.15) is 0 Å². The number of rotatable bonds is 4. The minimum absolute atomic E-state index is 0.159. The fourth-order valence-corrected chi connectivity index (χ4v) is 2.83. The molecule has 1 aromatic rings. The van der Waals surface area contributed by atoms with Gasteiger partial charge in [-0.15, -0.1) is 0 Å². The number of hydrogen-bond donors (Lipinski definition) is 1. The van der Waals surface area contributed by atoms with Gasteiger partial charge in [0.2, 0.25) is 0 Å². The number of para-hydroxylation sites is 1. The maximum absolute atomic E-state index is 5.34. The average Bonchev–Trinajstić information content (AvgIpc) is 2.39. The van der Waals surface area contributed by atoms with E-state index in [2.05, 4.69) is 55.3 Å². The molecule has 3 heteroatoms. The van der Waals surface area contributed by atoms with Crippen LogP contribution in [0.15, 0.2) is 24.3 Å². The van der Waals surface area contributed by atoms with Gasteiger partial charge in [-0.1, -0.05) is 25.1 Å². The molecule has 0 aliphatic carbocycles. The Hall–Kier alpha value is -1.06. The Kier molecular flexibility index (Phi) is 4.48. The summed E-state index contributed by atoms with van der Waals surface area (Å²) in [5.74, 6) is 0. The lowest BCUT2D eigenvalue weighted by atomic mass is 9.96. The van der Waals surface area contributed by atoms with Crippen molar-refractivity contribution < 1.29 is 4.74 Å². The van der Waals surface area contributed by atoms with E-state index in [9.17, 15) is 0 Å². The predicted octanol–water partition coefficient (Wildman–Crippen LogP) is 2.80. The third-order valence-electron chi connectivity index (χ3n) is 3.89. The molecule has 0 aromatic heterocycles. The molecule has 19 heavy (non-hydrogen) atoms. The van der Waals surface area contributed by atoms with E-state index in [1.807, 2.05) is 0 Å². The maximum atomic E-state index is 5.34. The predicted molar refractivity (Wildman–Crippen MR) is 80.7 cm³/mol. The molecule has 0 spiro atoms. The number of hydrogen-bond acceptors (Lipinski definition) is 3. The molecule has 1 unspecified atom stereocenters. The van der Waals surface area contributed by atoms with Crippen LogP contribution in [0.1, 0.15) is 32.8 Å². The standard InChI is InChI=1S/C16H26N2O/c1-5-14-10-17-16(2,3)12-18(14)15-9-7-6-8-13(15)11-19-4/h6-9,14,17H,5,10-12H2,1-4H3. The molecule has 1 heterocycles. The van der Waals surface area contributed by atoms with Crippen LogP contribution in [0.3, 0.4) is 0 Å². The molecule has 106 valence electrons. The van der Waals surface area contributed by atoms with Gasteiger partial charge in [-0.3, -0.25) is 0 Å². The normalized spacial score (nSPS) is 22.5. The van der Waals surface area contributed by atoms with Crippen molar-refractivity contribution in [3.8, 4) is 0 Å². The van der Waals surface area contributed by atoms with E-state index < -0.39 is 0 Å². The maximum Gasteiger partial charge on any atom is 0.0733 e. The molecular formula is C16H26N2O. The van der Waals surface area contributed by atoms with Gasteiger partial charge in [-0.25, -0.2) is 0 Å². The number of methoxy groups -OCH3 is 1. The molecule has 0 radical (unpaired) electrons. The SMILES string of the molecule is CCC1CNC(C)(C)CN1c1ccccc1COC. The largest absolute Gasteiger partial charge is 0.380 e. The molecule has 2 rings (SSSR count). The van der Waals surface area contributed by atoms with Gasteiger partial charge >= 0.3 is 0 Å². The topological polar surface area (TPSA) is 24.5 Å². The molecule has 1 aliphatic heterocycles. The van der Waals surface area contributed by atoms with Crippen molar-refractivity contribution in [2.24, 2.45) is 0 Å². The van der Waals surface area contributed by atoms with Crippen LogP contribution in [0.5, 0.6) is 0 Å². The molecule has 0 bridgehead atoms. The number of benzene rings is 1. The lowest BCUT2D eigenvalue weighted by Crippen LogP contribution is -2.61. The molecule has 1 saturated heterocycles. The van der Waals surface area contributed by atoms with E-state index in [1.165, 1.54) is 11.3 Å². The third-order valence-corrected chi connectivity index (χ3v) is 3.89. The highest BCUT2D eigenvalue weighted by Crippen LogP contribution is 2.28. The van der Waals surface area contributed by atoms with E-state index in [0.29, 0.717) is 12.6 Å². The Morgan fingerprint density at radius 2 is 2.11 bits per heavy atom. The van der Waals surface area contributed by atoms with E-state index in [-0.39, 0.29) is 5.54 Å². The second-order valence-electron chi connectivity index (χ2n) is 6.02. The van der Waals surface area contributed by atoms with Crippen molar-refractivity contribution in [2.75, 3.05) is 25.1 Å². The number of piperazine rings is 1. The van der Waals surface area contributed by atoms with Gasteiger partial charge in [0.05, 0.1) is 6.61 Å². The zero-order valence-corrected chi connectivity index (χ0v) is 12.6. The van der Waals surface area contributed by atoms with E-state index in [1.54, 1.807) is 7.11 Å². The van der Waals surface area contributed by atoms with Crippen LogP contribution in [0.2, 0.25) is 0 Å². The van der Waals surface area contributed by atoms with Gasteiger partial charge in [-0.05, 0) is 26.3 Å². The van der Waals surface area contributed by atoms with E-state index in [4.69, 9.17) is 4.74 Å². The van der Waals surface area contributed by atoms with Crippen molar-refractivity contribution in [2.45, 2.75) is 45.4 Å². The quantitative estimate of drug-likeness (QED) is 0.903. The fourth-order valence-electron chi connectivity index (χ4n) is 2.83. The highest BCUT2D eigenvalue weighted by molar-refractivity contribution is 5.55. The van der Waals surface area contributed by atoms with Crippen LogP contribution < -0.4 is 10.2 Å². The summed E-state index contributed by atoms with van der Waals surface area (Å²) in [5, 5.41) is 3.64. The molecule has 1 aromatic carbocycles. The van der Waals surface area contributed by atoms with Crippen LogP contribution in [-0.2, 0) is 11.3 Å². The smallest absolute Gasteiger partial charge is 0.0733 e. The van der Waals surface area contributed by atoms with E-state index >= 15 is 0 Å². The molecular weight excluding hydrogens is 236 g/mol. The molecule has 0 saturated carbocycles. The van der Waals surface area contributed by atoms with Gasteiger partial charge in [-0.2, -0.15) is 0 Å². The van der Waals surface area contributed by atoms with Gasteiger partial charge in [0.15, 0.2) is 0 Å². The fraction of sp³-hybridized carbons (Fsp3) is 0.625. The molecule has 1 N–H and O–H groups in total. The lowest BCUT2D eigenvalue weighted by Gasteiger charge is -2.46. The van der Waals surface area contributed by atoms with Crippen molar-refractivity contribution in [1.29, 1.82) is 0 Å². The Labute approximate surface area is 116 Å². The van der Waals surface area contributed by atoms with Gasteiger partial charge < -0.3 is 15.0 Å². The Bertz CT molecular complexity index is 417. The summed E-state index contributed by atoms with van der Waals surface area (Å²) in [7, 11) is 1.76. The highest BCUT2D eigenvalue weighted by Gasteiger charge is 2.32. The van der Waals surface area contributed by atoms with Gasteiger partial charge in [0.25, 0.3) is 0 Å². The first-order valence-electron chi connectivity index (χ1n) is 7.16. The summed E-state index contributed by atoms with van der Waals surface area (Å²) < 4.78 is 5.34. The minimum atomic E-state index is 0.159. The zero-order chi connectivity index (χ0) is 13.9. The van der Waals surface area contributed by atoms with Crippen LogP contribution in [-0.4, -0.2) is 31.8 Å². The minimum Gasteiger partial charge on any atom is -0.380 e. The summed E-state index contributed by atoms with van der Waals surface area (Å²) in [6.07, 6.45) is 1.16.